The highest BCUT2D eigenvalue weighted by atomic mass is 16.6. The third-order valence-corrected chi connectivity index (χ3v) is 16.7. The van der Waals surface area contributed by atoms with Crippen molar-refractivity contribution in [2.45, 2.75) is 130 Å². The van der Waals surface area contributed by atoms with Crippen LogP contribution in [0, 0.1) is 23.2 Å². The molecule has 0 aromatic heterocycles. The van der Waals surface area contributed by atoms with E-state index in [1.54, 1.807) is 24.3 Å². The minimum Gasteiger partial charge on any atom is -0.493 e. The lowest BCUT2D eigenvalue weighted by Gasteiger charge is -2.56. The van der Waals surface area contributed by atoms with Gasteiger partial charge in [-0.05, 0) is 105 Å². The largest absolute Gasteiger partial charge is 0.493 e. The summed E-state index contributed by atoms with van der Waals surface area (Å²) in [5, 5.41) is 165. The number of hydrogen-bond donors (Lipinski definition) is 16. The Hall–Kier alpha value is -3.56. The van der Waals surface area contributed by atoms with Crippen molar-refractivity contribution in [1.82, 2.24) is 0 Å². The van der Waals surface area contributed by atoms with Crippen LogP contribution in [0.3, 0.4) is 0 Å². The summed E-state index contributed by atoms with van der Waals surface area (Å²) in [7, 11) is 0. The molecule has 34 nitrogen and oxygen atoms in total. The molecular weight excluding hydrogens is 1360 g/mol. The minimum absolute atomic E-state index is 0.212. The molecule has 4 fully saturated rings. The second-order valence-corrected chi connectivity index (χ2v) is 26.4. The maximum absolute atomic E-state index is 10.1. The zero-order valence-corrected chi connectivity index (χ0v) is 58.3. The van der Waals surface area contributed by atoms with Gasteiger partial charge in [-0.1, -0.05) is 0 Å². The van der Waals surface area contributed by atoms with Crippen molar-refractivity contribution in [2.75, 3.05) is 205 Å². The molecule has 34 heteroatoms. The van der Waals surface area contributed by atoms with E-state index in [0.717, 1.165) is 23.5 Å². The first-order chi connectivity index (χ1) is 49.4. The van der Waals surface area contributed by atoms with E-state index in [0.29, 0.717) is 23.7 Å². The highest BCUT2D eigenvalue weighted by molar-refractivity contribution is 5.44. The van der Waals surface area contributed by atoms with E-state index in [2.05, 4.69) is 10.2 Å². The molecule has 102 heavy (non-hydrogen) atoms. The number of nitrogens with zero attached hydrogens (tertiary/aromatic N) is 2. The van der Waals surface area contributed by atoms with Gasteiger partial charge in [-0.2, -0.15) is 10.2 Å². The van der Waals surface area contributed by atoms with Crippen LogP contribution in [0.5, 0.6) is 11.5 Å². The molecule has 0 radical (unpaired) electrons. The normalized spacial score (nSPS) is 22.0. The Labute approximate surface area is 595 Å². The third-order valence-electron chi connectivity index (χ3n) is 16.7. The van der Waals surface area contributed by atoms with Gasteiger partial charge in [0.2, 0.25) is 0 Å². The molecule has 2 aromatic rings. The van der Waals surface area contributed by atoms with Gasteiger partial charge in [0.1, 0.15) is 103 Å². The van der Waals surface area contributed by atoms with Crippen molar-refractivity contribution < 1.29 is 157 Å². The molecule has 4 bridgehead atoms. The van der Waals surface area contributed by atoms with Gasteiger partial charge in [0.05, 0.1) is 216 Å². The molecule has 0 spiro atoms. The number of ether oxygens (including phenoxy) is 16. The smallest absolute Gasteiger partial charge is 0.145 e. The van der Waals surface area contributed by atoms with Crippen molar-refractivity contribution in [2.24, 2.45) is 33.4 Å². The average molecular weight is 1470 g/mol. The first-order valence-corrected chi connectivity index (χ1v) is 34.9. The lowest BCUT2D eigenvalue weighted by Crippen LogP contribution is -2.48. The van der Waals surface area contributed by atoms with Gasteiger partial charge in [0, 0.05) is 5.41 Å². The zero-order chi connectivity index (χ0) is 73.7. The van der Waals surface area contributed by atoms with E-state index >= 15 is 0 Å². The van der Waals surface area contributed by atoms with Crippen LogP contribution < -0.4 is 9.47 Å². The quantitative estimate of drug-likeness (QED) is 0.0289. The summed E-state index contributed by atoms with van der Waals surface area (Å²) < 4.78 is 96.4. The van der Waals surface area contributed by atoms with Crippen LogP contribution >= 0.6 is 0 Å². The van der Waals surface area contributed by atoms with Gasteiger partial charge >= 0.3 is 0 Å². The predicted octanol–water partition coefficient (Wildman–Crippen LogP) is -3.29. The highest BCUT2D eigenvalue weighted by Gasteiger charge is 2.51. The summed E-state index contributed by atoms with van der Waals surface area (Å²) in [4.78, 5) is 0. The second kappa shape index (κ2) is 52.5. The van der Waals surface area contributed by atoms with E-state index in [-0.39, 0.29) is 151 Å². The number of hydrogen-bond acceptors (Lipinski definition) is 34. The molecule has 0 amide bonds. The van der Waals surface area contributed by atoms with Gasteiger partial charge in [-0.25, -0.2) is 0 Å². The molecule has 4 aliphatic carbocycles. The molecule has 8 unspecified atom stereocenters. The van der Waals surface area contributed by atoms with Crippen LogP contribution in [-0.4, -0.2) is 378 Å². The monoisotopic (exact) mass is 1470 g/mol. The van der Waals surface area contributed by atoms with Gasteiger partial charge < -0.3 is 157 Å². The third kappa shape index (κ3) is 37.8. The van der Waals surface area contributed by atoms with Crippen molar-refractivity contribution in [3.8, 4) is 11.5 Å². The average Bonchev–Trinajstić information content (AvgIpc) is 0.753. The van der Waals surface area contributed by atoms with Crippen LogP contribution in [0.2, 0.25) is 0 Å². The van der Waals surface area contributed by atoms with Crippen LogP contribution in [0.15, 0.2) is 58.8 Å². The van der Waals surface area contributed by atoms with Crippen molar-refractivity contribution in [3.63, 3.8) is 0 Å². The fourth-order valence-electron chi connectivity index (χ4n) is 11.8. The fourth-order valence-corrected chi connectivity index (χ4v) is 11.8. The van der Waals surface area contributed by atoms with E-state index in [1.807, 2.05) is 24.3 Å². The van der Waals surface area contributed by atoms with Crippen molar-refractivity contribution in [3.05, 3.63) is 48.5 Å². The molecule has 16 N–H and O–H groups in total. The maximum atomic E-state index is 10.1. The summed E-state index contributed by atoms with van der Waals surface area (Å²) in [6, 6.07) is 14.1. The van der Waals surface area contributed by atoms with E-state index in [4.69, 9.17) is 75.8 Å². The Kier molecular flexibility index (Phi) is 45.8. The number of aliphatic hydroxyl groups is 16. The molecule has 2 aromatic carbocycles. The van der Waals surface area contributed by atoms with Crippen LogP contribution in [0.1, 0.15) is 38.5 Å². The SMILES string of the molecule is OCC(O)COCC(COCC(O)CO)OCC(COC(COCC(O)CO)COCC(O)CO)OCC(COC(COC(COCC(O)CO)COCC(O)CO)COC(COCC(O)CO)COCC(O)CO)Oc1ccc(N=Nc2ccc(OCC34CC5CC(CC(C5)C3)C4)cc2)cc1. The molecule has 0 saturated heterocycles. The summed E-state index contributed by atoms with van der Waals surface area (Å²) in [5.74, 6) is 3.50. The lowest BCUT2D eigenvalue weighted by molar-refractivity contribution is -0.156. The number of aliphatic hydroxyl groups excluding tert-OH is 16. The summed E-state index contributed by atoms with van der Waals surface area (Å²) in [6.45, 7) is -9.96. The topological polar surface area (TPSA) is 496 Å². The Morgan fingerprint density at radius 3 is 0.735 bits per heavy atom. The molecule has 4 aliphatic rings. The Bertz CT molecular complexity index is 2130. The summed E-state index contributed by atoms with van der Waals surface area (Å²) in [6.07, 6.45) is -9.01. The van der Waals surface area contributed by atoms with Crippen LogP contribution in [0.4, 0.5) is 11.4 Å². The van der Waals surface area contributed by atoms with Crippen molar-refractivity contribution in [1.29, 1.82) is 0 Å². The molecule has 6 rings (SSSR count). The standard InChI is InChI=1S/C68H116N2O32/c71-15-51(79)23-87-31-61(32-88-24-52(80)16-72)95-39-65(40-96-62(33-89-25-53(81)17-73)34-90-26-54(82)18-74)99-43-67(102-60-7-3-50(4-8-60)70-69-49-1-5-59(6-2-49)101-45-68-12-46-9-47(13-68)11-48(10-46)14-68)44-100-66(41-97-63(35-91-27-55(83)19-75)36-92-28-56(84)20-76)42-98-64(37-93-29-57(85)21-77)38-94-30-58(86)22-78/h1-8,46-48,51-58,61-67,71-86H,9-45H2. The fraction of sp³-hybridized carbons (Fsp3) is 0.824. The molecule has 4 saturated carbocycles. The first kappa shape index (κ1) is 89.1. The molecule has 0 aliphatic heterocycles. The van der Waals surface area contributed by atoms with E-state index in [1.165, 1.54) is 38.5 Å². The van der Waals surface area contributed by atoms with E-state index in [9.17, 15) is 81.7 Å². The maximum Gasteiger partial charge on any atom is 0.145 e. The van der Waals surface area contributed by atoms with Gasteiger partial charge in [0.25, 0.3) is 0 Å². The highest BCUT2D eigenvalue weighted by Crippen LogP contribution is 2.60. The Morgan fingerprint density at radius 2 is 0.500 bits per heavy atom. The molecule has 0 heterocycles. The summed E-state index contributed by atoms with van der Waals surface area (Å²) in [5.41, 5.74) is 1.31. The van der Waals surface area contributed by atoms with Crippen molar-refractivity contribution >= 4 is 11.4 Å². The number of azo groups is 1. The number of rotatable bonds is 65. The second-order valence-electron chi connectivity index (χ2n) is 26.4. The number of benzene rings is 2. The molecular formula is C68H116N2O32. The summed E-state index contributed by atoms with van der Waals surface area (Å²) >= 11 is 0. The minimum atomic E-state index is -1.23. The zero-order valence-electron chi connectivity index (χ0n) is 58.3. The predicted molar refractivity (Wildman–Crippen MR) is 357 cm³/mol. The lowest BCUT2D eigenvalue weighted by atomic mass is 9.50. The molecule has 8 atom stereocenters. The van der Waals surface area contributed by atoms with Crippen LogP contribution in [0.25, 0.3) is 0 Å². The Morgan fingerprint density at radius 1 is 0.284 bits per heavy atom. The Balaban J connectivity index is 1.45. The van der Waals surface area contributed by atoms with Gasteiger partial charge in [-0.3, -0.25) is 0 Å². The van der Waals surface area contributed by atoms with Gasteiger partial charge in [0.15, 0.2) is 0 Å². The first-order valence-electron chi connectivity index (χ1n) is 34.9. The molecule has 590 valence electrons. The van der Waals surface area contributed by atoms with E-state index < -0.39 is 144 Å². The van der Waals surface area contributed by atoms with Gasteiger partial charge in [-0.15, -0.1) is 0 Å². The van der Waals surface area contributed by atoms with Crippen LogP contribution in [-0.2, 0) is 66.3 Å².